The normalized spacial score (nSPS) is 10.9. The van der Waals surface area contributed by atoms with E-state index in [4.69, 9.17) is 4.42 Å². The average Bonchev–Trinajstić information content (AvgIpc) is 2.96. The molecule has 0 unspecified atom stereocenters. The Morgan fingerprint density at radius 1 is 1.41 bits per heavy atom. The van der Waals surface area contributed by atoms with Crippen LogP contribution in [0.4, 0.5) is 0 Å². The summed E-state index contributed by atoms with van der Waals surface area (Å²) in [6.07, 6.45) is 6.60. The van der Waals surface area contributed by atoms with Crippen molar-refractivity contribution in [1.29, 1.82) is 0 Å². The van der Waals surface area contributed by atoms with E-state index in [1.54, 1.807) is 18.0 Å². The van der Waals surface area contributed by atoms with Gasteiger partial charge in [0.2, 0.25) is 0 Å². The molecule has 2 aromatic heterocycles. The van der Waals surface area contributed by atoms with E-state index in [0.29, 0.717) is 0 Å². The smallest absolute Gasteiger partial charge is 0.117 e. The van der Waals surface area contributed by atoms with Gasteiger partial charge in [-0.25, -0.2) is 4.98 Å². The molecule has 0 saturated carbocycles. The monoisotopic (exact) mass is 251 g/mol. The molecule has 0 radical (unpaired) electrons. The second kappa shape index (κ2) is 6.51. The number of imidazole rings is 1. The van der Waals surface area contributed by atoms with E-state index in [0.717, 1.165) is 42.6 Å². The van der Waals surface area contributed by atoms with Gasteiger partial charge in [-0.15, -0.1) is 0 Å². The van der Waals surface area contributed by atoms with Crippen molar-refractivity contribution in [3.05, 3.63) is 41.9 Å². The topological polar surface area (TPSA) is 53.9 Å². The first-order chi connectivity index (χ1) is 8.38. The van der Waals surface area contributed by atoms with Gasteiger partial charge in [-0.05, 0) is 18.4 Å². The van der Waals surface area contributed by atoms with Crippen LogP contribution in [0.5, 0.6) is 0 Å². The van der Waals surface area contributed by atoms with Crippen LogP contribution in [0.15, 0.2) is 28.9 Å². The van der Waals surface area contributed by atoms with E-state index < -0.39 is 0 Å². The molecule has 2 N–H and O–H groups in total. The summed E-state index contributed by atoms with van der Waals surface area (Å²) in [4.78, 5) is 7.25. The predicted octanol–water partition coefficient (Wildman–Crippen LogP) is 2.20. The van der Waals surface area contributed by atoms with Crippen molar-refractivity contribution in [3.63, 3.8) is 0 Å². The van der Waals surface area contributed by atoms with Crippen LogP contribution in [0.2, 0.25) is 0 Å². The van der Waals surface area contributed by atoms with Crippen molar-refractivity contribution in [3.8, 4) is 0 Å². The summed E-state index contributed by atoms with van der Waals surface area (Å²) in [6.45, 7) is 1.67. The fraction of sp³-hybridized carbons (Fsp3) is 0.417. The van der Waals surface area contributed by atoms with E-state index in [9.17, 15) is 0 Å². The molecule has 0 aromatic carbocycles. The molecule has 0 bridgehead atoms. The molecular formula is C12H17N3OS. The maximum absolute atomic E-state index is 5.65. The van der Waals surface area contributed by atoms with Gasteiger partial charge in [-0.3, -0.25) is 0 Å². The third-order valence-corrected chi connectivity index (χ3v) is 2.97. The number of nitrogens with zero attached hydrogens (tertiary/aromatic N) is 1. The summed E-state index contributed by atoms with van der Waals surface area (Å²) in [5.74, 6) is 3.99. The Kier molecular flexibility index (Phi) is 4.70. The lowest BCUT2D eigenvalue weighted by Gasteiger charge is -2.00. The molecule has 4 nitrogen and oxygen atoms in total. The molecule has 2 aromatic rings. The second-order valence-electron chi connectivity index (χ2n) is 3.76. The summed E-state index contributed by atoms with van der Waals surface area (Å²) >= 11 is 1.77. The molecule has 92 valence electrons. The molecule has 2 heterocycles. The van der Waals surface area contributed by atoms with E-state index in [1.807, 2.05) is 18.3 Å². The summed E-state index contributed by atoms with van der Waals surface area (Å²) < 4.78 is 5.65. The highest BCUT2D eigenvalue weighted by Crippen LogP contribution is 2.13. The Morgan fingerprint density at radius 2 is 2.29 bits per heavy atom. The SMILES string of the molecule is CSCc1ccc(CNCCc2ncc[nH]2)o1. The number of aromatic nitrogens is 2. The number of furan rings is 1. The molecule has 0 amide bonds. The van der Waals surface area contributed by atoms with Gasteiger partial charge in [0.05, 0.1) is 12.3 Å². The number of hydrogen-bond acceptors (Lipinski definition) is 4. The number of H-pyrrole nitrogens is 1. The molecular weight excluding hydrogens is 234 g/mol. The van der Waals surface area contributed by atoms with E-state index >= 15 is 0 Å². The summed E-state index contributed by atoms with van der Waals surface area (Å²) in [7, 11) is 0. The number of aromatic amines is 1. The van der Waals surface area contributed by atoms with Crippen molar-refractivity contribution >= 4 is 11.8 Å². The Labute approximate surface area is 105 Å². The molecule has 0 fully saturated rings. The minimum Gasteiger partial charge on any atom is -0.464 e. The van der Waals surface area contributed by atoms with Crippen LogP contribution in [-0.2, 0) is 18.7 Å². The maximum Gasteiger partial charge on any atom is 0.117 e. The molecule has 5 heteroatoms. The van der Waals surface area contributed by atoms with Crippen LogP contribution in [0, 0.1) is 0 Å². The van der Waals surface area contributed by atoms with Crippen molar-refractivity contribution in [2.75, 3.05) is 12.8 Å². The van der Waals surface area contributed by atoms with Crippen molar-refractivity contribution in [1.82, 2.24) is 15.3 Å². The first-order valence-corrected chi connectivity index (χ1v) is 7.03. The van der Waals surface area contributed by atoms with Crippen LogP contribution >= 0.6 is 11.8 Å². The van der Waals surface area contributed by atoms with E-state index in [-0.39, 0.29) is 0 Å². The van der Waals surface area contributed by atoms with Gasteiger partial charge < -0.3 is 14.7 Å². The summed E-state index contributed by atoms with van der Waals surface area (Å²) in [5, 5.41) is 3.33. The summed E-state index contributed by atoms with van der Waals surface area (Å²) in [5.41, 5.74) is 0. The molecule has 0 aliphatic heterocycles. The molecule has 0 aliphatic carbocycles. The minimum absolute atomic E-state index is 0.773. The van der Waals surface area contributed by atoms with Crippen molar-refractivity contribution in [2.45, 2.75) is 18.7 Å². The first-order valence-electron chi connectivity index (χ1n) is 5.64. The number of rotatable bonds is 7. The third kappa shape index (κ3) is 3.94. The molecule has 17 heavy (non-hydrogen) atoms. The van der Waals surface area contributed by atoms with Crippen LogP contribution < -0.4 is 5.32 Å². The standard InChI is InChI=1S/C12H17N3OS/c1-17-9-11-3-2-10(16-11)8-13-5-4-12-14-6-7-15-12/h2-3,6-7,13H,4-5,8-9H2,1H3,(H,14,15). The van der Waals surface area contributed by atoms with Gasteiger partial charge in [0, 0.05) is 25.4 Å². The van der Waals surface area contributed by atoms with Gasteiger partial charge in [0.1, 0.15) is 17.3 Å². The zero-order valence-electron chi connectivity index (χ0n) is 9.90. The van der Waals surface area contributed by atoms with Gasteiger partial charge in [-0.1, -0.05) is 0 Å². The Balaban J connectivity index is 1.67. The zero-order valence-corrected chi connectivity index (χ0v) is 10.7. The van der Waals surface area contributed by atoms with Gasteiger partial charge in [-0.2, -0.15) is 11.8 Å². The number of thioether (sulfide) groups is 1. The minimum atomic E-state index is 0.773. The Hall–Kier alpha value is -1.20. The lowest BCUT2D eigenvalue weighted by Crippen LogP contribution is -2.16. The largest absolute Gasteiger partial charge is 0.464 e. The van der Waals surface area contributed by atoms with Crippen LogP contribution in [0.3, 0.4) is 0 Å². The fourth-order valence-corrected chi connectivity index (χ4v) is 2.03. The van der Waals surface area contributed by atoms with Gasteiger partial charge >= 0.3 is 0 Å². The fourth-order valence-electron chi connectivity index (χ4n) is 1.59. The zero-order chi connectivity index (χ0) is 11.9. The third-order valence-electron chi connectivity index (χ3n) is 2.40. The average molecular weight is 251 g/mol. The second-order valence-corrected chi connectivity index (χ2v) is 4.63. The highest BCUT2D eigenvalue weighted by atomic mass is 32.2. The molecule has 0 aliphatic rings. The van der Waals surface area contributed by atoms with E-state index in [1.165, 1.54) is 0 Å². The predicted molar refractivity (Wildman–Crippen MR) is 69.9 cm³/mol. The van der Waals surface area contributed by atoms with Gasteiger partial charge in [0.25, 0.3) is 0 Å². The highest BCUT2D eigenvalue weighted by Gasteiger charge is 2.01. The van der Waals surface area contributed by atoms with Crippen molar-refractivity contribution in [2.24, 2.45) is 0 Å². The Bertz CT molecular complexity index is 425. The van der Waals surface area contributed by atoms with Gasteiger partial charge in [0.15, 0.2) is 0 Å². The summed E-state index contributed by atoms with van der Waals surface area (Å²) in [6, 6.07) is 4.07. The lowest BCUT2D eigenvalue weighted by atomic mass is 10.4. The van der Waals surface area contributed by atoms with Crippen LogP contribution in [0.1, 0.15) is 17.3 Å². The molecule has 0 atom stereocenters. The van der Waals surface area contributed by atoms with Crippen LogP contribution in [-0.4, -0.2) is 22.8 Å². The van der Waals surface area contributed by atoms with E-state index in [2.05, 4.69) is 21.5 Å². The first kappa shape index (κ1) is 12.3. The van der Waals surface area contributed by atoms with Crippen molar-refractivity contribution < 1.29 is 4.42 Å². The highest BCUT2D eigenvalue weighted by molar-refractivity contribution is 7.97. The van der Waals surface area contributed by atoms with Crippen LogP contribution in [0.25, 0.3) is 0 Å². The Morgan fingerprint density at radius 3 is 3.06 bits per heavy atom. The molecule has 0 saturated heterocycles. The quantitative estimate of drug-likeness (QED) is 0.741. The molecule has 2 rings (SSSR count). The lowest BCUT2D eigenvalue weighted by molar-refractivity contribution is 0.460. The maximum atomic E-state index is 5.65. The number of hydrogen-bond donors (Lipinski definition) is 2. The number of nitrogens with one attached hydrogen (secondary N) is 2. The molecule has 0 spiro atoms.